The molecule has 0 amide bonds. The third-order valence-electron chi connectivity index (χ3n) is 1.48. The molecule has 0 N–H and O–H groups in total. The van der Waals surface area contributed by atoms with Crippen molar-refractivity contribution in [3.05, 3.63) is 0 Å². The summed E-state index contributed by atoms with van der Waals surface area (Å²) in [6.07, 6.45) is 0. The predicted molar refractivity (Wildman–Crippen MR) is 43.0 cm³/mol. The van der Waals surface area contributed by atoms with Gasteiger partial charge in [-0.15, -0.1) is 0 Å². The molecule has 0 saturated heterocycles. The van der Waals surface area contributed by atoms with Crippen LogP contribution in [0.2, 0.25) is 0 Å². The van der Waals surface area contributed by atoms with Crippen LogP contribution >= 0.6 is 7.41 Å². The van der Waals surface area contributed by atoms with E-state index in [4.69, 9.17) is 0 Å². The number of rotatable bonds is 2. The Balaban J connectivity index is 3.62. The third kappa shape index (κ3) is 2.64. The van der Waals surface area contributed by atoms with Crippen molar-refractivity contribution in [2.45, 2.75) is 6.92 Å². The molecule has 0 aromatic heterocycles. The zero-order valence-electron chi connectivity index (χ0n) is 6.60. The highest BCUT2D eigenvalue weighted by Crippen LogP contribution is 2.48. The lowest BCUT2D eigenvalue weighted by molar-refractivity contribution is 0.576. The molecule has 8 heavy (non-hydrogen) atoms. The fourth-order valence-corrected chi connectivity index (χ4v) is 1.27. The molecule has 0 rings (SSSR count). The molecule has 0 bridgehead atoms. The summed E-state index contributed by atoms with van der Waals surface area (Å²) < 4.78 is 2.42. The van der Waals surface area contributed by atoms with Gasteiger partial charge in [-0.1, -0.05) is 0 Å². The Kier molecular flexibility index (Phi) is 2.93. The lowest BCUT2D eigenvalue weighted by atomic mass is 10.8. The van der Waals surface area contributed by atoms with Crippen molar-refractivity contribution in [1.82, 2.24) is 4.67 Å². The fraction of sp³-hybridized carbons (Fsp3) is 1.00. The van der Waals surface area contributed by atoms with E-state index >= 15 is 0 Å². The maximum Gasteiger partial charge on any atom is 0.0737 e. The first kappa shape index (κ1) is 8.39. The summed E-state index contributed by atoms with van der Waals surface area (Å²) >= 11 is 0. The van der Waals surface area contributed by atoms with Gasteiger partial charge >= 0.3 is 0 Å². The molecule has 0 aromatic carbocycles. The molecule has 0 atom stereocenters. The molecule has 0 aliphatic heterocycles. The zero-order chi connectivity index (χ0) is 6.78. The Morgan fingerprint density at radius 1 is 1.25 bits per heavy atom. The molecule has 0 radical (unpaired) electrons. The number of hydrogen-bond donors (Lipinski definition) is 0. The minimum Gasteiger partial charge on any atom is -0.184 e. The molecule has 0 fully saturated rings. The monoisotopic (exact) mass is 134 g/mol. The van der Waals surface area contributed by atoms with Crippen LogP contribution in [0.4, 0.5) is 0 Å². The van der Waals surface area contributed by atoms with Crippen molar-refractivity contribution in [3.8, 4) is 0 Å². The summed E-state index contributed by atoms with van der Waals surface area (Å²) in [4.78, 5) is 0. The first-order valence-corrected chi connectivity index (χ1v) is 6.10. The van der Waals surface area contributed by atoms with Crippen LogP contribution in [-0.2, 0) is 0 Å². The van der Waals surface area contributed by atoms with Crippen molar-refractivity contribution < 1.29 is 0 Å². The summed E-state index contributed by atoms with van der Waals surface area (Å²) in [5.41, 5.74) is 0. The Labute approximate surface area is 53.5 Å². The molecule has 0 spiro atoms. The van der Waals surface area contributed by atoms with E-state index in [1.165, 1.54) is 6.54 Å². The van der Waals surface area contributed by atoms with Crippen LogP contribution < -0.4 is 0 Å². The van der Waals surface area contributed by atoms with Gasteiger partial charge < -0.3 is 0 Å². The first-order chi connectivity index (χ1) is 3.48. The quantitative estimate of drug-likeness (QED) is 0.520. The SMILES string of the molecule is CCN(C)[P+](C)(C)C. The molecular formula is C6H17NP+. The van der Waals surface area contributed by atoms with E-state index in [-0.39, 0.29) is 0 Å². The highest BCUT2D eigenvalue weighted by atomic mass is 31.2. The highest BCUT2D eigenvalue weighted by Gasteiger charge is 2.21. The highest BCUT2D eigenvalue weighted by molar-refractivity contribution is 7.71. The van der Waals surface area contributed by atoms with E-state index < -0.39 is 7.41 Å². The van der Waals surface area contributed by atoms with E-state index in [9.17, 15) is 0 Å². The molecule has 0 aliphatic carbocycles. The van der Waals surface area contributed by atoms with Crippen molar-refractivity contribution in [3.63, 3.8) is 0 Å². The minimum absolute atomic E-state index is 0.673. The van der Waals surface area contributed by atoms with E-state index in [0.717, 1.165) is 0 Å². The van der Waals surface area contributed by atoms with Gasteiger partial charge in [-0.3, -0.25) is 0 Å². The van der Waals surface area contributed by atoms with E-state index in [1.807, 2.05) is 0 Å². The maximum absolute atomic E-state index is 2.42. The minimum atomic E-state index is -0.673. The van der Waals surface area contributed by atoms with Gasteiger partial charge in [0.05, 0.1) is 27.4 Å². The van der Waals surface area contributed by atoms with Gasteiger partial charge in [0.25, 0.3) is 0 Å². The normalized spacial score (nSPS) is 12.8. The lowest BCUT2D eigenvalue weighted by Gasteiger charge is -2.22. The second-order valence-electron chi connectivity index (χ2n) is 2.92. The Morgan fingerprint density at radius 3 is 1.62 bits per heavy atom. The summed E-state index contributed by atoms with van der Waals surface area (Å²) in [5.74, 6) is 0. The largest absolute Gasteiger partial charge is 0.184 e. The molecule has 1 nitrogen and oxygen atoms in total. The Bertz CT molecular complexity index is 65.4. The van der Waals surface area contributed by atoms with Crippen molar-refractivity contribution in [1.29, 1.82) is 0 Å². The van der Waals surface area contributed by atoms with Gasteiger partial charge in [0.15, 0.2) is 0 Å². The molecule has 0 heterocycles. The molecule has 0 unspecified atom stereocenters. The summed E-state index contributed by atoms with van der Waals surface area (Å²) in [6.45, 7) is 10.4. The van der Waals surface area contributed by atoms with Crippen LogP contribution in [-0.4, -0.2) is 38.3 Å². The number of nitrogens with zero attached hydrogens (tertiary/aromatic N) is 1. The molecule has 0 aliphatic rings. The van der Waals surface area contributed by atoms with Crippen molar-refractivity contribution >= 4 is 7.41 Å². The van der Waals surface area contributed by atoms with Gasteiger partial charge in [0, 0.05) is 13.6 Å². The summed E-state index contributed by atoms with van der Waals surface area (Å²) in [6, 6.07) is 0. The van der Waals surface area contributed by atoms with Gasteiger partial charge in [-0.25, -0.2) is 0 Å². The Hall–Kier alpha value is 0.390. The van der Waals surface area contributed by atoms with Crippen molar-refractivity contribution in [2.24, 2.45) is 0 Å². The van der Waals surface area contributed by atoms with Crippen LogP contribution in [0.1, 0.15) is 6.92 Å². The van der Waals surface area contributed by atoms with Crippen molar-refractivity contribution in [2.75, 3.05) is 33.6 Å². The van der Waals surface area contributed by atoms with E-state index in [1.54, 1.807) is 0 Å². The second kappa shape index (κ2) is 2.80. The van der Waals surface area contributed by atoms with Crippen LogP contribution in [0.15, 0.2) is 0 Å². The molecular weight excluding hydrogens is 117 g/mol. The lowest BCUT2D eigenvalue weighted by Crippen LogP contribution is -2.16. The third-order valence-corrected chi connectivity index (χ3v) is 3.81. The molecule has 0 aromatic rings. The van der Waals surface area contributed by atoms with Crippen LogP contribution in [0.25, 0.3) is 0 Å². The molecule has 0 saturated carbocycles. The average molecular weight is 134 g/mol. The van der Waals surface area contributed by atoms with Gasteiger partial charge in [-0.05, 0) is 6.92 Å². The topological polar surface area (TPSA) is 3.24 Å². The summed E-state index contributed by atoms with van der Waals surface area (Å²) in [7, 11) is 1.51. The fourth-order valence-electron chi connectivity index (χ4n) is 0.424. The van der Waals surface area contributed by atoms with Crippen LogP contribution in [0, 0.1) is 0 Å². The first-order valence-electron chi connectivity index (χ1n) is 3.01. The number of hydrogen-bond acceptors (Lipinski definition) is 1. The standard InChI is InChI=1S/C6H17NP/c1-6-7(2)8(3,4)5/h6H2,1-5H3/q+1. The zero-order valence-corrected chi connectivity index (χ0v) is 7.50. The predicted octanol–water partition coefficient (Wildman–Crippen LogP) is 1.76. The van der Waals surface area contributed by atoms with E-state index in [2.05, 4.69) is 38.6 Å². The molecule has 2 heteroatoms. The van der Waals surface area contributed by atoms with Crippen LogP contribution in [0.5, 0.6) is 0 Å². The van der Waals surface area contributed by atoms with Gasteiger partial charge in [0.1, 0.15) is 0 Å². The smallest absolute Gasteiger partial charge is 0.0737 e. The summed E-state index contributed by atoms with van der Waals surface area (Å²) in [5, 5.41) is 0. The maximum atomic E-state index is 2.42. The molecule has 50 valence electrons. The van der Waals surface area contributed by atoms with Crippen LogP contribution in [0.3, 0.4) is 0 Å². The van der Waals surface area contributed by atoms with Gasteiger partial charge in [0.2, 0.25) is 0 Å². The van der Waals surface area contributed by atoms with Gasteiger partial charge in [-0.2, -0.15) is 4.67 Å². The second-order valence-corrected chi connectivity index (χ2v) is 7.48. The Morgan fingerprint density at radius 2 is 1.62 bits per heavy atom. The van der Waals surface area contributed by atoms with E-state index in [0.29, 0.717) is 0 Å². The average Bonchev–Trinajstić information content (AvgIpc) is 1.62.